The molecular weight excluding hydrogens is 150 g/mol. The standard InChI is InChI=1S/C10H21NO/c1-5-8-10(4,6-2)9(12)11-7-3/h5-8H2,1-4H3,(H,11,12). The van der Waals surface area contributed by atoms with Crippen LogP contribution in [0.5, 0.6) is 0 Å². The fourth-order valence-electron chi connectivity index (χ4n) is 1.38. The summed E-state index contributed by atoms with van der Waals surface area (Å²) >= 11 is 0. The molecule has 2 nitrogen and oxygen atoms in total. The van der Waals surface area contributed by atoms with Crippen LogP contribution >= 0.6 is 0 Å². The molecule has 0 aromatic carbocycles. The van der Waals surface area contributed by atoms with Gasteiger partial charge in [0.05, 0.1) is 0 Å². The van der Waals surface area contributed by atoms with Gasteiger partial charge in [0, 0.05) is 12.0 Å². The molecule has 0 rings (SSSR count). The van der Waals surface area contributed by atoms with Crippen molar-refractivity contribution in [2.45, 2.75) is 47.0 Å². The summed E-state index contributed by atoms with van der Waals surface area (Å²) < 4.78 is 0. The zero-order valence-electron chi connectivity index (χ0n) is 8.74. The van der Waals surface area contributed by atoms with Crippen LogP contribution in [0.3, 0.4) is 0 Å². The molecule has 0 aliphatic heterocycles. The van der Waals surface area contributed by atoms with E-state index in [1.807, 2.05) is 13.8 Å². The molecule has 0 fully saturated rings. The van der Waals surface area contributed by atoms with Gasteiger partial charge in [0.15, 0.2) is 0 Å². The minimum atomic E-state index is -0.148. The third-order valence-corrected chi connectivity index (χ3v) is 2.47. The fraction of sp³-hybridized carbons (Fsp3) is 0.900. The van der Waals surface area contributed by atoms with Crippen molar-refractivity contribution >= 4 is 5.91 Å². The van der Waals surface area contributed by atoms with Crippen LogP contribution < -0.4 is 5.32 Å². The Morgan fingerprint density at radius 2 is 1.92 bits per heavy atom. The van der Waals surface area contributed by atoms with Gasteiger partial charge in [0.1, 0.15) is 0 Å². The number of hydrogen-bond acceptors (Lipinski definition) is 1. The average molecular weight is 171 g/mol. The van der Waals surface area contributed by atoms with Gasteiger partial charge in [-0.1, -0.05) is 27.2 Å². The Labute approximate surface area is 75.7 Å². The lowest BCUT2D eigenvalue weighted by Gasteiger charge is -2.25. The van der Waals surface area contributed by atoms with E-state index < -0.39 is 0 Å². The molecule has 0 aromatic heterocycles. The van der Waals surface area contributed by atoms with Crippen LogP contribution in [0.4, 0.5) is 0 Å². The van der Waals surface area contributed by atoms with Crippen LogP contribution in [0.1, 0.15) is 47.0 Å². The lowest BCUT2D eigenvalue weighted by atomic mass is 9.82. The third-order valence-electron chi connectivity index (χ3n) is 2.47. The third kappa shape index (κ3) is 2.84. The smallest absolute Gasteiger partial charge is 0.225 e. The van der Waals surface area contributed by atoms with Crippen molar-refractivity contribution in [1.29, 1.82) is 0 Å². The summed E-state index contributed by atoms with van der Waals surface area (Å²) in [6.07, 6.45) is 2.98. The van der Waals surface area contributed by atoms with Crippen molar-refractivity contribution < 1.29 is 4.79 Å². The molecule has 0 spiro atoms. The minimum Gasteiger partial charge on any atom is -0.356 e. The zero-order chi connectivity index (χ0) is 9.61. The van der Waals surface area contributed by atoms with Crippen LogP contribution in [-0.2, 0) is 4.79 Å². The SMILES string of the molecule is CCCC(C)(CC)C(=O)NCC. The van der Waals surface area contributed by atoms with Gasteiger partial charge >= 0.3 is 0 Å². The molecule has 0 bridgehead atoms. The molecule has 72 valence electrons. The maximum absolute atomic E-state index is 11.6. The second kappa shape index (κ2) is 5.18. The first kappa shape index (κ1) is 11.5. The maximum atomic E-state index is 11.6. The Morgan fingerprint density at radius 3 is 2.25 bits per heavy atom. The van der Waals surface area contributed by atoms with E-state index in [1.54, 1.807) is 0 Å². The molecule has 0 heterocycles. The molecule has 1 atom stereocenters. The highest BCUT2D eigenvalue weighted by molar-refractivity contribution is 5.82. The number of carbonyl (C=O) groups excluding carboxylic acids is 1. The molecule has 1 N–H and O–H groups in total. The Morgan fingerprint density at radius 1 is 1.33 bits per heavy atom. The van der Waals surface area contributed by atoms with E-state index in [0.717, 1.165) is 25.8 Å². The molecule has 2 heteroatoms. The Bertz CT molecular complexity index is 145. The molecule has 0 aliphatic carbocycles. The molecule has 0 aromatic rings. The first-order valence-electron chi connectivity index (χ1n) is 4.89. The lowest BCUT2D eigenvalue weighted by molar-refractivity contribution is -0.130. The van der Waals surface area contributed by atoms with Gasteiger partial charge in [0.25, 0.3) is 0 Å². The van der Waals surface area contributed by atoms with Crippen LogP contribution in [0.15, 0.2) is 0 Å². The number of nitrogens with one attached hydrogen (secondary N) is 1. The summed E-state index contributed by atoms with van der Waals surface area (Å²) in [5.74, 6) is 0.203. The van der Waals surface area contributed by atoms with Crippen LogP contribution in [0.25, 0.3) is 0 Å². The van der Waals surface area contributed by atoms with E-state index in [9.17, 15) is 4.79 Å². The van der Waals surface area contributed by atoms with Gasteiger partial charge < -0.3 is 5.32 Å². The van der Waals surface area contributed by atoms with Crippen molar-refractivity contribution in [3.05, 3.63) is 0 Å². The second-order valence-electron chi connectivity index (χ2n) is 3.52. The predicted octanol–water partition coefficient (Wildman–Crippen LogP) is 2.34. The normalized spacial score (nSPS) is 15.3. The quantitative estimate of drug-likeness (QED) is 0.676. The molecule has 0 aliphatic rings. The number of hydrogen-bond donors (Lipinski definition) is 1. The summed E-state index contributed by atoms with van der Waals surface area (Å²) in [5.41, 5.74) is -0.148. The fourth-order valence-corrected chi connectivity index (χ4v) is 1.38. The molecule has 12 heavy (non-hydrogen) atoms. The van der Waals surface area contributed by atoms with E-state index >= 15 is 0 Å². The van der Waals surface area contributed by atoms with Crippen molar-refractivity contribution in [3.63, 3.8) is 0 Å². The van der Waals surface area contributed by atoms with E-state index in [1.165, 1.54) is 0 Å². The summed E-state index contributed by atoms with van der Waals surface area (Å²) in [4.78, 5) is 11.6. The van der Waals surface area contributed by atoms with Crippen molar-refractivity contribution in [1.82, 2.24) is 5.32 Å². The largest absolute Gasteiger partial charge is 0.356 e. The van der Waals surface area contributed by atoms with Crippen molar-refractivity contribution in [3.8, 4) is 0 Å². The Hall–Kier alpha value is -0.530. The van der Waals surface area contributed by atoms with Crippen LogP contribution in [0.2, 0.25) is 0 Å². The number of carbonyl (C=O) groups is 1. The number of amides is 1. The molecule has 1 unspecified atom stereocenters. The van der Waals surface area contributed by atoms with Crippen molar-refractivity contribution in [2.75, 3.05) is 6.54 Å². The topological polar surface area (TPSA) is 29.1 Å². The monoisotopic (exact) mass is 171 g/mol. The summed E-state index contributed by atoms with van der Waals surface area (Å²) in [7, 11) is 0. The van der Waals surface area contributed by atoms with Gasteiger partial charge in [-0.05, 0) is 19.8 Å². The number of rotatable bonds is 5. The van der Waals surface area contributed by atoms with Gasteiger partial charge in [-0.2, -0.15) is 0 Å². The summed E-state index contributed by atoms with van der Waals surface area (Å²) in [5, 5.41) is 2.88. The predicted molar refractivity (Wildman–Crippen MR) is 52.0 cm³/mol. The Balaban J connectivity index is 4.18. The van der Waals surface area contributed by atoms with Crippen LogP contribution in [0, 0.1) is 5.41 Å². The van der Waals surface area contributed by atoms with E-state index in [4.69, 9.17) is 0 Å². The van der Waals surface area contributed by atoms with Crippen LogP contribution in [-0.4, -0.2) is 12.5 Å². The Kier molecular flexibility index (Phi) is 4.95. The molecule has 0 radical (unpaired) electrons. The van der Waals surface area contributed by atoms with Gasteiger partial charge in [-0.25, -0.2) is 0 Å². The van der Waals surface area contributed by atoms with E-state index in [-0.39, 0.29) is 11.3 Å². The van der Waals surface area contributed by atoms with Gasteiger partial charge in [0.2, 0.25) is 5.91 Å². The zero-order valence-corrected chi connectivity index (χ0v) is 8.74. The first-order chi connectivity index (χ1) is 5.60. The maximum Gasteiger partial charge on any atom is 0.225 e. The highest BCUT2D eigenvalue weighted by Gasteiger charge is 2.29. The minimum absolute atomic E-state index is 0.148. The van der Waals surface area contributed by atoms with E-state index in [0.29, 0.717) is 0 Å². The molecular formula is C10H21NO. The van der Waals surface area contributed by atoms with Crippen molar-refractivity contribution in [2.24, 2.45) is 5.41 Å². The summed E-state index contributed by atoms with van der Waals surface area (Å²) in [6.45, 7) is 8.93. The molecule has 0 saturated heterocycles. The highest BCUT2D eigenvalue weighted by atomic mass is 16.2. The summed E-state index contributed by atoms with van der Waals surface area (Å²) in [6, 6.07) is 0. The molecule has 0 saturated carbocycles. The lowest BCUT2D eigenvalue weighted by Crippen LogP contribution is -2.38. The second-order valence-corrected chi connectivity index (χ2v) is 3.52. The average Bonchev–Trinajstić information content (AvgIpc) is 2.05. The van der Waals surface area contributed by atoms with E-state index in [2.05, 4.69) is 19.2 Å². The van der Waals surface area contributed by atoms with Gasteiger partial charge in [-0.15, -0.1) is 0 Å². The highest BCUT2D eigenvalue weighted by Crippen LogP contribution is 2.27. The molecule has 1 amide bonds. The van der Waals surface area contributed by atoms with Gasteiger partial charge in [-0.3, -0.25) is 4.79 Å². The first-order valence-corrected chi connectivity index (χ1v) is 4.89.